The maximum absolute atomic E-state index is 5.60. The van der Waals surface area contributed by atoms with Crippen molar-refractivity contribution in [3.05, 3.63) is 54.0 Å². The van der Waals surface area contributed by atoms with Crippen LogP contribution in [0.1, 0.15) is 24.3 Å². The third-order valence-corrected chi connectivity index (χ3v) is 2.77. The van der Waals surface area contributed by atoms with Crippen LogP contribution < -0.4 is 10.1 Å². The van der Waals surface area contributed by atoms with E-state index in [1.807, 2.05) is 31.3 Å². The van der Waals surface area contributed by atoms with Gasteiger partial charge in [-0.3, -0.25) is 0 Å². The highest BCUT2D eigenvalue weighted by atomic mass is 16.5. The number of hydrogen-bond donors (Lipinski definition) is 1. The van der Waals surface area contributed by atoms with E-state index in [0.29, 0.717) is 12.6 Å². The van der Waals surface area contributed by atoms with Gasteiger partial charge in [-0.25, -0.2) is 0 Å². The monoisotopic (exact) mass is 231 g/mol. The van der Waals surface area contributed by atoms with Crippen LogP contribution in [0.25, 0.3) is 0 Å². The van der Waals surface area contributed by atoms with Gasteiger partial charge in [0.05, 0.1) is 6.26 Å². The van der Waals surface area contributed by atoms with Crippen molar-refractivity contribution in [1.29, 1.82) is 0 Å². The van der Waals surface area contributed by atoms with Gasteiger partial charge in [0.2, 0.25) is 0 Å². The molecule has 0 aliphatic carbocycles. The molecule has 0 saturated heterocycles. The Balaban J connectivity index is 1.94. The Morgan fingerprint density at radius 2 is 2.00 bits per heavy atom. The zero-order valence-electron chi connectivity index (χ0n) is 10.1. The third kappa shape index (κ3) is 3.11. The fraction of sp³-hybridized carbons (Fsp3) is 0.286. The summed E-state index contributed by atoms with van der Waals surface area (Å²) in [6.07, 6.45) is 1.65. The number of rotatable bonds is 5. The fourth-order valence-corrected chi connectivity index (χ4v) is 1.57. The van der Waals surface area contributed by atoms with Gasteiger partial charge in [0.1, 0.15) is 18.1 Å². The quantitative estimate of drug-likeness (QED) is 0.858. The van der Waals surface area contributed by atoms with Crippen LogP contribution in [-0.2, 0) is 6.61 Å². The summed E-state index contributed by atoms with van der Waals surface area (Å²) in [5.41, 5.74) is 1.25. The Morgan fingerprint density at radius 1 is 1.24 bits per heavy atom. The molecule has 3 heteroatoms. The van der Waals surface area contributed by atoms with E-state index < -0.39 is 0 Å². The smallest absolute Gasteiger partial charge is 0.146 e. The highest BCUT2D eigenvalue weighted by Crippen LogP contribution is 2.18. The van der Waals surface area contributed by atoms with Crippen molar-refractivity contribution < 1.29 is 9.15 Å². The van der Waals surface area contributed by atoms with Crippen molar-refractivity contribution in [1.82, 2.24) is 5.32 Å². The number of furan rings is 1. The summed E-state index contributed by atoms with van der Waals surface area (Å²) in [5, 5.41) is 3.20. The van der Waals surface area contributed by atoms with Crippen LogP contribution in [0.4, 0.5) is 0 Å². The Hall–Kier alpha value is -1.74. The van der Waals surface area contributed by atoms with Crippen LogP contribution in [0.15, 0.2) is 47.1 Å². The molecule has 2 rings (SSSR count). The van der Waals surface area contributed by atoms with E-state index in [0.717, 1.165) is 11.5 Å². The molecule has 0 radical (unpaired) electrons. The number of ether oxygens (including phenoxy) is 1. The number of hydrogen-bond acceptors (Lipinski definition) is 3. The molecule has 0 bridgehead atoms. The van der Waals surface area contributed by atoms with E-state index in [4.69, 9.17) is 9.15 Å². The average molecular weight is 231 g/mol. The minimum Gasteiger partial charge on any atom is -0.486 e. The fourth-order valence-electron chi connectivity index (χ4n) is 1.57. The molecule has 0 spiro atoms. The molecule has 1 aromatic heterocycles. The van der Waals surface area contributed by atoms with Crippen molar-refractivity contribution in [3.8, 4) is 5.75 Å². The first-order valence-electron chi connectivity index (χ1n) is 5.72. The van der Waals surface area contributed by atoms with Crippen molar-refractivity contribution in [2.24, 2.45) is 0 Å². The normalized spacial score (nSPS) is 12.4. The third-order valence-electron chi connectivity index (χ3n) is 2.77. The van der Waals surface area contributed by atoms with Crippen LogP contribution in [0.5, 0.6) is 5.75 Å². The van der Waals surface area contributed by atoms with Gasteiger partial charge in [0.15, 0.2) is 0 Å². The van der Waals surface area contributed by atoms with Crippen molar-refractivity contribution in [3.63, 3.8) is 0 Å². The molecule has 3 nitrogen and oxygen atoms in total. The second-order valence-corrected chi connectivity index (χ2v) is 3.95. The van der Waals surface area contributed by atoms with Gasteiger partial charge in [0, 0.05) is 6.04 Å². The summed E-state index contributed by atoms with van der Waals surface area (Å²) < 4.78 is 10.8. The van der Waals surface area contributed by atoms with E-state index in [9.17, 15) is 0 Å². The molecule has 0 aliphatic rings. The number of benzene rings is 1. The first kappa shape index (κ1) is 11.7. The standard InChI is InChI=1S/C14H17NO2/c1-11(15-2)12-5-7-13(8-6-12)17-10-14-4-3-9-16-14/h3-9,11,15H,10H2,1-2H3. The molecule has 17 heavy (non-hydrogen) atoms. The summed E-state index contributed by atoms with van der Waals surface area (Å²) in [6.45, 7) is 2.59. The second-order valence-electron chi connectivity index (χ2n) is 3.95. The summed E-state index contributed by atoms with van der Waals surface area (Å²) in [4.78, 5) is 0. The molecule has 0 amide bonds. The second kappa shape index (κ2) is 5.55. The lowest BCUT2D eigenvalue weighted by Crippen LogP contribution is -2.11. The topological polar surface area (TPSA) is 34.4 Å². The molecule has 1 atom stereocenters. The molecule has 90 valence electrons. The number of nitrogens with one attached hydrogen (secondary N) is 1. The van der Waals surface area contributed by atoms with Gasteiger partial charge in [0.25, 0.3) is 0 Å². The molecular formula is C14H17NO2. The minimum atomic E-state index is 0.356. The Bertz CT molecular complexity index is 434. The van der Waals surface area contributed by atoms with Crippen molar-refractivity contribution in [2.45, 2.75) is 19.6 Å². The van der Waals surface area contributed by atoms with E-state index >= 15 is 0 Å². The maximum atomic E-state index is 5.60. The van der Waals surface area contributed by atoms with E-state index in [1.54, 1.807) is 6.26 Å². The van der Waals surface area contributed by atoms with Crippen LogP contribution in [0.2, 0.25) is 0 Å². The predicted octanol–water partition coefficient (Wildman–Crippen LogP) is 3.14. The van der Waals surface area contributed by atoms with E-state index in [1.165, 1.54) is 5.56 Å². The Labute approximate surface area is 101 Å². The van der Waals surface area contributed by atoms with E-state index in [-0.39, 0.29) is 0 Å². The van der Waals surface area contributed by atoms with Gasteiger partial charge in [-0.15, -0.1) is 0 Å². The van der Waals surface area contributed by atoms with Gasteiger partial charge in [-0.1, -0.05) is 12.1 Å². The van der Waals surface area contributed by atoms with Crippen molar-refractivity contribution in [2.75, 3.05) is 7.05 Å². The lowest BCUT2D eigenvalue weighted by molar-refractivity contribution is 0.270. The van der Waals surface area contributed by atoms with Crippen LogP contribution in [0.3, 0.4) is 0 Å². The SMILES string of the molecule is CNC(C)c1ccc(OCc2ccco2)cc1. The summed E-state index contributed by atoms with van der Waals surface area (Å²) in [7, 11) is 1.95. The van der Waals surface area contributed by atoms with Crippen LogP contribution >= 0.6 is 0 Å². The van der Waals surface area contributed by atoms with Gasteiger partial charge in [-0.2, -0.15) is 0 Å². The van der Waals surface area contributed by atoms with Crippen LogP contribution in [-0.4, -0.2) is 7.05 Å². The Kier molecular flexibility index (Phi) is 3.83. The molecule has 0 aliphatic heterocycles. The highest BCUT2D eigenvalue weighted by molar-refractivity contribution is 5.29. The molecule has 1 heterocycles. The summed E-state index contributed by atoms with van der Waals surface area (Å²) in [6, 6.07) is 12.2. The summed E-state index contributed by atoms with van der Waals surface area (Å²) in [5.74, 6) is 1.69. The first-order valence-corrected chi connectivity index (χ1v) is 5.72. The van der Waals surface area contributed by atoms with Gasteiger partial charge < -0.3 is 14.5 Å². The minimum absolute atomic E-state index is 0.356. The maximum Gasteiger partial charge on any atom is 0.146 e. The molecule has 0 fully saturated rings. The molecule has 1 aromatic carbocycles. The molecule has 1 unspecified atom stereocenters. The molecule has 2 aromatic rings. The zero-order chi connectivity index (χ0) is 12.1. The molecular weight excluding hydrogens is 214 g/mol. The predicted molar refractivity (Wildman–Crippen MR) is 67.0 cm³/mol. The van der Waals surface area contributed by atoms with E-state index in [2.05, 4.69) is 24.4 Å². The zero-order valence-corrected chi connectivity index (χ0v) is 10.1. The highest BCUT2D eigenvalue weighted by Gasteiger charge is 2.02. The van der Waals surface area contributed by atoms with Crippen LogP contribution in [0, 0.1) is 0 Å². The lowest BCUT2D eigenvalue weighted by atomic mass is 10.1. The van der Waals surface area contributed by atoms with Crippen molar-refractivity contribution >= 4 is 0 Å². The average Bonchev–Trinajstić information content (AvgIpc) is 2.89. The first-order chi connectivity index (χ1) is 8.29. The summed E-state index contributed by atoms with van der Waals surface area (Å²) >= 11 is 0. The van der Waals surface area contributed by atoms with Gasteiger partial charge >= 0.3 is 0 Å². The van der Waals surface area contributed by atoms with Gasteiger partial charge in [-0.05, 0) is 43.8 Å². The largest absolute Gasteiger partial charge is 0.486 e. The lowest BCUT2D eigenvalue weighted by Gasteiger charge is -2.11. The Morgan fingerprint density at radius 3 is 2.59 bits per heavy atom. The molecule has 1 N–H and O–H groups in total. The molecule has 0 saturated carbocycles.